The van der Waals surface area contributed by atoms with Crippen LogP contribution in [0.3, 0.4) is 0 Å². The molecule has 4 aromatic rings. The first-order valence-electron chi connectivity index (χ1n) is 9.79. The monoisotopic (exact) mass is 413 g/mol. The van der Waals surface area contributed by atoms with Crippen molar-refractivity contribution in [1.29, 1.82) is 5.26 Å². The Bertz CT molecular complexity index is 1100. The fourth-order valence-corrected chi connectivity index (χ4v) is 2.85. The van der Waals surface area contributed by atoms with Crippen molar-refractivity contribution in [1.82, 2.24) is 0 Å². The molecule has 31 heavy (non-hydrogen) atoms. The van der Waals surface area contributed by atoms with Crippen LogP contribution in [-0.4, -0.2) is 10.2 Å². The highest BCUT2D eigenvalue weighted by molar-refractivity contribution is 5.35. The lowest BCUT2D eigenvalue weighted by atomic mass is 10.1. The molecule has 0 radical (unpaired) electrons. The minimum absolute atomic E-state index is 0.0400. The molecule has 0 bridgehead atoms. The molecule has 1 atom stereocenters. The van der Waals surface area contributed by atoms with Crippen molar-refractivity contribution in [2.75, 3.05) is 0 Å². The molecular formula is C26H23NO4. The quantitative estimate of drug-likeness (QED) is 0.413. The number of ether oxygens (including phenoxy) is 1. The summed E-state index contributed by atoms with van der Waals surface area (Å²) in [7, 11) is 0. The van der Waals surface area contributed by atoms with Gasteiger partial charge in [0.1, 0.15) is 17.3 Å². The molecule has 0 fully saturated rings. The van der Waals surface area contributed by atoms with Crippen LogP contribution >= 0.6 is 0 Å². The molecule has 1 aromatic heterocycles. The molecule has 0 aliphatic heterocycles. The maximum Gasteiger partial charge on any atom is 0.166 e. The standard InChI is InChI=1S/C14H11NO2.C12H12O2/c15-10-14(16)11-5-4-8-13(9-11)17-12-6-2-1-3-7-12;13-8-11-7-12(14-9-11)6-10-4-2-1-3-5-10/h1-9,14,16H;1-5,7,9,13H,6,8H2. The number of furan rings is 1. The van der Waals surface area contributed by atoms with Gasteiger partial charge in [0.15, 0.2) is 6.10 Å². The Kier molecular flexibility index (Phi) is 8.01. The van der Waals surface area contributed by atoms with E-state index in [9.17, 15) is 5.11 Å². The van der Waals surface area contributed by atoms with Crippen LogP contribution in [0.15, 0.2) is 102 Å². The van der Waals surface area contributed by atoms with Crippen LogP contribution in [0.25, 0.3) is 0 Å². The average Bonchev–Trinajstić information content (AvgIpc) is 3.28. The molecule has 3 aromatic carbocycles. The third-order valence-electron chi connectivity index (χ3n) is 4.39. The Morgan fingerprint density at radius 1 is 0.839 bits per heavy atom. The van der Waals surface area contributed by atoms with E-state index in [1.165, 1.54) is 5.56 Å². The molecule has 0 saturated heterocycles. The van der Waals surface area contributed by atoms with Crippen LogP contribution in [0.2, 0.25) is 0 Å². The lowest BCUT2D eigenvalue weighted by Gasteiger charge is -2.07. The first-order valence-corrected chi connectivity index (χ1v) is 9.79. The van der Waals surface area contributed by atoms with Crippen molar-refractivity contribution in [3.8, 4) is 17.6 Å². The molecule has 156 valence electrons. The molecule has 0 amide bonds. The second-order valence-corrected chi connectivity index (χ2v) is 6.76. The average molecular weight is 413 g/mol. The summed E-state index contributed by atoms with van der Waals surface area (Å²) in [6.45, 7) is 0.0400. The number of para-hydroxylation sites is 1. The summed E-state index contributed by atoms with van der Waals surface area (Å²) < 4.78 is 10.9. The number of hydrogen-bond acceptors (Lipinski definition) is 5. The van der Waals surface area contributed by atoms with Gasteiger partial charge < -0.3 is 19.4 Å². The van der Waals surface area contributed by atoms with Crippen molar-refractivity contribution < 1.29 is 19.4 Å². The van der Waals surface area contributed by atoms with Crippen LogP contribution in [0.4, 0.5) is 0 Å². The first-order chi connectivity index (χ1) is 15.2. The van der Waals surface area contributed by atoms with E-state index >= 15 is 0 Å². The molecule has 1 heterocycles. The summed E-state index contributed by atoms with van der Waals surface area (Å²) in [5.74, 6) is 2.21. The molecule has 0 aliphatic rings. The summed E-state index contributed by atoms with van der Waals surface area (Å²) in [6.07, 6.45) is 1.26. The molecule has 1 unspecified atom stereocenters. The van der Waals surface area contributed by atoms with E-state index in [-0.39, 0.29) is 6.61 Å². The Labute approximate surface area is 181 Å². The number of benzene rings is 3. The van der Waals surface area contributed by atoms with Gasteiger partial charge in [0, 0.05) is 12.0 Å². The van der Waals surface area contributed by atoms with E-state index in [0.29, 0.717) is 11.3 Å². The second-order valence-electron chi connectivity index (χ2n) is 6.76. The van der Waals surface area contributed by atoms with E-state index in [2.05, 4.69) is 12.1 Å². The predicted molar refractivity (Wildman–Crippen MR) is 117 cm³/mol. The van der Waals surface area contributed by atoms with Gasteiger partial charge in [-0.05, 0) is 41.5 Å². The summed E-state index contributed by atoms with van der Waals surface area (Å²) >= 11 is 0. The highest BCUT2D eigenvalue weighted by Gasteiger charge is 2.06. The van der Waals surface area contributed by atoms with Crippen molar-refractivity contribution >= 4 is 0 Å². The molecule has 2 N–H and O–H groups in total. The van der Waals surface area contributed by atoms with Crippen molar-refractivity contribution in [2.45, 2.75) is 19.1 Å². The van der Waals surface area contributed by atoms with Gasteiger partial charge >= 0.3 is 0 Å². The molecule has 5 nitrogen and oxygen atoms in total. The van der Waals surface area contributed by atoms with E-state index in [0.717, 1.165) is 23.5 Å². The minimum atomic E-state index is -1.12. The van der Waals surface area contributed by atoms with Crippen LogP contribution in [0, 0.1) is 11.3 Å². The fraction of sp³-hybridized carbons (Fsp3) is 0.115. The number of hydrogen-bond donors (Lipinski definition) is 2. The van der Waals surface area contributed by atoms with Gasteiger partial charge in [0.05, 0.1) is 18.9 Å². The van der Waals surface area contributed by atoms with Gasteiger partial charge in [-0.2, -0.15) is 5.26 Å². The van der Waals surface area contributed by atoms with Crippen molar-refractivity contribution in [3.05, 3.63) is 120 Å². The highest BCUT2D eigenvalue weighted by Crippen LogP contribution is 2.24. The summed E-state index contributed by atoms with van der Waals surface area (Å²) in [4.78, 5) is 0. The van der Waals surface area contributed by atoms with E-state index in [1.807, 2.05) is 54.6 Å². The number of rotatable bonds is 6. The topological polar surface area (TPSA) is 86.6 Å². The van der Waals surface area contributed by atoms with Crippen LogP contribution < -0.4 is 4.74 Å². The number of nitrogens with zero attached hydrogens (tertiary/aromatic N) is 1. The van der Waals surface area contributed by atoms with Crippen LogP contribution in [0.5, 0.6) is 11.5 Å². The number of nitriles is 1. The Balaban J connectivity index is 0.000000179. The first kappa shape index (κ1) is 21.8. The molecule has 0 saturated carbocycles. The van der Waals surface area contributed by atoms with E-state index in [4.69, 9.17) is 19.5 Å². The number of aliphatic hydroxyl groups is 2. The Morgan fingerprint density at radius 3 is 2.16 bits per heavy atom. The Morgan fingerprint density at radius 2 is 1.52 bits per heavy atom. The fourth-order valence-electron chi connectivity index (χ4n) is 2.85. The third kappa shape index (κ3) is 6.86. The zero-order valence-electron chi connectivity index (χ0n) is 16.9. The maximum atomic E-state index is 9.40. The van der Waals surface area contributed by atoms with E-state index in [1.54, 1.807) is 36.6 Å². The molecule has 5 heteroatoms. The van der Waals surface area contributed by atoms with E-state index < -0.39 is 6.10 Å². The maximum absolute atomic E-state index is 9.40. The molecule has 0 spiro atoms. The lowest BCUT2D eigenvalue weighted by molar-refractivity contribution is 0.235. The lowest BCUT2D eigenvalue weighted by Crippen LogP contribution is -1.93. The molecular weight excluding hydrogens is 390 g/mol. The largest absolute Gasteiger partial charge is 0.469 e. The highest BCUT2D eigenvalue weighted by atomic mass is 16.5. The van der Waals surface area contributed by atoms with Crippen LogP contribution in [0.1, 0.15) is 28.6 Å². The van der Waals surface area contributed by atoms with Crippen molar-refractivity contribution in [2.24, 2.45) is 0 Å². The van der Waals surface area contributed by atoms with Gasteiger partial charge in [-0.25, -0.2) is 0 Å². The summed E-state index contributed by atoms with van der Waals surface area (Å²) in [6, 6.07) is 30.0. The minimum Gasteiger partial charge on any atom is -0.469 e. The zero-order chi connectivity index (χ0) is 21.9. The molecule has 4 rings (SSSR count). The SMILES string of the molecule is N#CC(O)c1cccc(Oc2ccccc2)c1.OCc1coc(Cc2ccccc2)c1. The predicted octanol–water partition coefficient (Wildman–Crippen LogP) is 5.40. The van der Waals surface area contributed by atoms with Gasteiger partial charge in [0.2, 0.25) is 0 Å². The number of aliphatic hydroxyl groups excluding tert-OH is 2. The zero-order valence-corrected chi connectivity index (χ0v) is 16.9. The van der Waals surface area contributed by atoms with Gasteiger partial charge in [0.25, 0.3) is 0 Å². The summed E-state index contributed by atoms with van der Waals surface area (Å²) in [5.41, 5.74) is 2.57. The molecule has 0 aliphatic carbocycles. The van der Waals surface area contributed by atoms with Crippen LogP contribution in [-0.2, 0) is 13.0 Å². The van der Waals surface area contributed by atoms with Gasteiger partial charge in [-0.1, -0.05) is 60.7 Å². The van der Waals surface area contributed by atoms with Gasteiger partial charge in [-0.3, -0.25) is 0 Å². The van der Waals surface area contributed by atoms with Gasteiger partial charge in [-0.15, -0.1) is 0 Å². The smallest absolute Gasteiger partial charge is 0.166 e. The second kappa shape index (κ2) is 11.4. The Hall–Kier alpha value is -3.85. The third-order valence-corrected chi connectivity index (χ3v) is 4.39. The summed E-state index contributed by atoms with van der Waals surface area (Å²) in [5, 5.41) is 26.9. The normalized spacial score (nSPS) is 11.0. The van der Waals surface area contributed by atoms with Crippen molar-refractivity contribution in [3.63, 3.8) is 0 Å².